The van der Waals surface area contributed by atoms with Gasteiger partial charge in [-0.2, -0.15) is 0 Å². The summed E-state index contributed by atoms with van der Waals surface area (Å²) in [6.07, 6.45) is 4.68. The molecule has 0 aliphatic carbocycles. The normalized spacial score (nSPS) is 11.2. The highest BCUT2D eigenvalue weighted by Gasteiger charge is 2.14. The standard InChI is InChI=1S/C11H11ClN4O2S/c12-10-11(15-7-6-14-10)16-19(17,18)8-4-9-3-1-2-5-13-9/h1-3,5-7H,4,8H2,(H,15,16). The fourth-order valence-electron chi connectivity index (χ4n) is 1.37. The zero-order chi connectivity index (χ0) is 13.7. The molecule has 2 aromatic rings. The van der Waals surface area contributed by atoms with Crippen LogP contribution in [0.25, 0.3) is 0 Å². The molecule has 0 aliphatic rings. The minimum atomic E-state index is -3.53. The molecule has 19 heavy (non-hydrogen) atoms. The molecule has 0 amide bonds. The second-order valence-corrected chi connectivity index (χ2v) is 5.89. The third-order valence-electron chi connectivity index (χ3n) is 2.26. The van der Waals surface area contributed by atoms with Crippen LogP contribution in [0.4, 0.5) is 5.82 Å². The fourth-order valence-corrected chi connectivity index (χ4v) is 2.61. The van der Waals surface area contributed by atoms with E-state index in [0.717, 1.165) is 0 Å². The Morgan fingerprint density at radius 3 is 2.58 bits per heavy atom. The Balaban J connectivity index is 2.02. The molecule has 0 saturated carbocycles. The van der Waals surface area contributed by atoms with Crippen LogP contribution in [0.2, 0.25) is 5.15 Å². The highest BCUT2D eigenvalue weighted by molar-refractivity contribution is 7.92. The second kappa shape index (κ2) is 5.94. The molecule has 2 heterocycles. The highest BCUT2D eigenvalue weighted by atomic mass is 35.5. The van der Waals surface area contributed by atoms with Crippen molar-refractivity contribution in [2.75, 3.05) is 10.5 Å². The molecular formula is C11H11ClN4O2S. The van der Waals surface area contributed by atoms with Gasteiger partial charge >= 0.3 is 0 Å². The lowest BCUT2D eigenvalue weighted by molar-refractivity contribution is 0.600. The molecule has 8 heteroatoms. The Hall–Kier alpha value is -1.73. The number of anilines is 1. The Kier molecular flexibility index (Phi) is 4.28. The van der Waals surface area contributed by atoms with Gasteiger partial charge in [0.15, 0.2) is 11.0 Å². The third-order valence-corrected chi connectivity index (χ3v) is 3.78. The van der Waals surface area contributed by atoms with Crippen LogP contribution in [0.3, 0.4) is 0 Å². The van der Waals surface area contributed by atoms with Gasteiger partial charge < -0.3 is 0 Å². The maximum atomic E-state index is 11.9. The summed E-state index contributed by atoms with van der Waals surface area (Å²) in [7, 11) is -3.53. The predicted molar refractivity (Wildman–Crippen MR) is 72.4 cm³/mol. The van der Waals surface area contributed by atoms with Crippen LogP contribution in [0.5, 0.6) is 0 Å². The summed E-state index contributed by atoms with van der Waals surface area (Å²) in [6, 6.07) is 5.35. The average Bonchev–Trinajstić information content (AvgIpc) is 2.40. The number of nitrogens with zero attached hydrogens (tertiary/aromatic N) is 3. The molecule has 0 aliphatic heterocycles. The molecular weight excluding hydrogens is 288 g/mol. The van der Waals surface area contributed by atoms with Crippen LogP contribution in [0, 0.1) is 0 Å². The van der Waals surface area contributed by atoms with E-state index in [-0.39, 0.29) is 16.7 Å². The van der Waals surface area contributed by atoms with Crippen molar-refractivity contribution in [3.05, 3.63) is 47.6 Å². The summed E-state index contributed by atoms with van der Waals surface area (Å²) in [5.41, 5.74) is 0.707. The number of sulfonamides is 1. The molecule has 0 unspecified atom stereocenters. The molecule has 0 radical (unpaired) electrons. The Bertz CT molecular complexity index is 649. The fraction of sp³-hybridized carbons (Fsp3) is 0.182. The van der Waals surface area contributed by atoms with E-state index in [0.29, 0.717) is 12.1 Å². The number of halogens is 1. The third kappa shape index (κ3) is 4.15. The van der Waals surface area contributed by atoms with Gasteiger partial charge in [-0.05, 0) is 12.1 Å². The van der Waals surface area contributed by atoms with E-state index in [1.54, 1.807) is 18.3 Å². The molecule has 0 bridgehead atoms. The maximum absolute atomic E-state index is 11.9. The first-order valence-electron chi connectivity index (χ1n) is 5.44. The number of hydrogen-bond acceptors (Lipinski definition) is 5. The van der Waals surface area contributed by atoms with Gasteiger partial charge in [0, 0.05) is 30.7 Å². The maximum Gasteiger partial charge on any atom is 0.234 e. The van der Waals surface area contributed by atoms with Gasteiger partial charge in [-0.1, -0.05) is 17.7 Å². The number of aryl methyl sites for hydroxylation is 1. The van der Waals surface area contributed by atoms with Crippen molar-refractivity contribution in [3.8, 4) is 0 Å². The van der Waals surface area contributed by atoms with Gasteiger partial charge in [0.05, 0.1) is 5.75 Å². The number of nitrogens with one attached hydrogen (secondary N) is 1. The number of pyridine rings is 1. The summed E-state index contributed by atoms with van der Waals surface area (Å²) in [5.74, 6) is -0.0677. The van der Waals surface area contributed by atoms with Crippen molar-refractivity contribution < 1.29 is 8.42 Å². The predicted octanol–water partition coefficient (Wildman–Crippen LogP) is 1.51. The van der Waals surface area contributed by atoms with Crippen molar-refractivity contribution in [3.63, 3.8) is 0 Å². The molecule has 1 N–H and O–H groups in total. The van der Waals surface area contributed by atoms with Crippen molar-refractivity contribution >= 4 is 27.4 Å². The molecule has 0 fully saturated rings. The van der Waals surface area contributed by atoms with Gasteiger partial charge in [-0.15, -0.1) is 0 Å². The van der Waals surface area contributed by atoms with E-state index >= 15 is 0 Å². The molecule has 100 valence electrons. The minimum Gasteiger partial charge on any atom is -0.265 e. The minimum absolute atomic E-state index is 0.0175. The van der Waals surface area contributed by atoms with Gasteiger partial charge in [-0.25, -0.2) is 18.4 Å². The zero-order valence-electron chi connectivity index (χ0n) is 9.82. The SMILES string of the molecule is O=S(=O)(CCc1ccccn1)Nc1nccnc1Cl. The van der Waals surface area contributed by atoms with E-state index in [4.69, 9.17) is 11.6 Å². The van der Waals surface area contributed by atoms with Gasteiger partial charge in [0.2, 0.25) is 10.0 Å². The van der Waals surface area contributed by atoms with Crippen LogP contribution in [-0.4, -0.2) is 29.1 Å². The summed E-state index contributed by atoms with van der Waals surface area (Å²) in [5, 5.41) is 0.0175. The van der Waals surface area contributed by atoms with Crippen molar-refractivity contribution in [1.29, 1.82) is 0 Å². The van der Waals surface area contributed by atoms with Gasteiger partial charge in [0.25, 0.3) is 0 Å². The van der Waals surface area contributed by atoms with E-state index < -0.39 is 10.0 Å². The van der Waals surface area contributed by atoms with Crippen molar-refractivity contribution in [1.82, 2.24) is 15.0 Å². The largest absolute Gasteiger partial charge is 0.265 e. The molecule has 2 rings (SSSR count). The smallest absolute Gasteiger partial charge is 0.234 e. The molecule has 0 aromatic carbocycles. The summed E-state index contributed by atoms with van der Waals surface area (Å²) < 4.78 is 26.0. The summed E-state index contributed by atoms with van der Waals surface area (Å²) in [4.78, 5) is 11.6. The average molecular weight is 299 g/mol. The zero-order valence-corrected chi connectivity index (χ0v) is 11.4. The lowest BCUT2D eigenvalue weighted by Gasteiger charge is -2.07. The first-order valence-corrected chi connectivity index (χ1v) is 7.47. The first kappa shape index (κ1) is 13.7. The summed E-state index contributed by atoms with van der Waals surface area (Å²) in [6.45, 7) is 0. The van der Waals surface area contributed by atoms with Crippen LogP contribution in [0.1, 0.15) is 5.69 Å². The van der Waals surface area contributed by atoms with Gasteiger partial charge in [0.1, 0.15) is 0 Å². The first-order chi connectivity index (χ1) is 9.07. The molecule has 2 aromatic heterocycles. The summed E-state index contributed by atoms with van der Waals surface area (Å²) >= 11 is 5.73. The van der Waals surface area contributed by atoms with E-state index in [1.165, 1.54) is 12.4 Å². The quantitative estimate of drug-likeness (QED) is 0.904. The van der Waals surface area contributed by atoms with Crippen LogP contribution < -0.4 is 4.72 Å². The molecule has 0 atom stereocenters. The lowest BCUT2D eigenvalue weighted by atomic mass is 10.3. The van der Waals surface area contributed by atoms with Crippen molar-refractivity contribution in [2.24, 2.45) is 0 Å². The van der Waals surface area contributed by atoms with Crippen LogP contribution in [-0.2, 0) is 16.4 Å². The van der Waals surface area contributed by atoms with Crippen molar-refractivity contribution in [2.45, 2.75) is 6.42 Å². The number of rotatable bonds is 5. The topological polar surface area (TPSA) is 84.8 Å². The second-order valence-electron chi connectivity index (χ2n) is 3.69. The number of hydrogen-bond donors (Lipinski definition) is 1. The Morgan fingerprint density at radius 2 is 1.89 bits per heavy atom. The Morgan fingerprint density at radius 1 is 1.11 bits per heavy atom. The van der Waals surface area contributed by atoms with Crippen LogP contribution in [0.15, 0.2) is 36.8 Å². The van der Waals surface area contributed by atoms with E-state index in [2.05, 4.69) is 19.7 Å². The van der Waals surface area contributed by atoms with Gasteiger partial charge in [-0.3, -0.25) is 9.71 Å². The number of aromatic nitrogens is 3. The molecule has 0 saturated heterocycles. The monoisotopic (exact) mass is 298 g/mol. The Labute approximate surface area is 115 Å². The van der Waals surface area contributed by atoms with E-state index in [1.807, 2.05) is 6.07 Å². The highest BCUT2D eigenvalue weighted by Crippen LogP contribution is 2.15. The van der Waals surface area contributed by atoms with E-state index in [9.17, 15) is 8.42 Å². The van der Waals surface area contributed by atoms with Crippen LogP contribution >= 0.6 is 11.6 Å². The molecule has 0 spiro atoms. The molecule has 6 nitrogen and oxygen atoms in total. The lowest BCUT2D eigenvalue weighted by Crippen LogP contribution is -2.19.